The van der Waals surface area contributed by atoms with Gasteiger partial charge < -0.3 is 9.64 Å². The summed E-state index contributed by atoms with van der Waals surface area (Å²) in [5.74, 6) is 1.32. The van der Waals surface area contributed by atoms with Crippen molar-refractivity contribution in [2.24, 2.45) is 0 Å². The van der Waals surface area contributed by atoms with Crippen molar-refractivity contribution in [3.05, 3.63) is 33.6 Å². The van der Waals surface area contributed by atoms with Crippen LogP contribution in [0.1, 0.15) is 17.7 Å². The Morgan fingerprint density at radius 3 is 3.04 bits per heavy atom. The van der Waals surface area contributed by atoms with Crippen LogP contribution < -0.4 is 9.64 Å². The van der Waals surface area contributed by atoms with Crippen molar-refractivity contribution >= 4 is 28.9 Å². The number of halogens is 1. The maximum absolute atomic E-state index is 6.03. The van der Waals surface area contributed by atoms with Crippen LogP contribution in [-0.4, -0.2) is 48.2 Å². The quantitative estimate of drug-likeness (QED) is 0.825. The van der Waals surface area contributed by atoms with Crippen LogP contribution in [0.4, 0.5) is 5.95 Å². The number of rotatable bonds is 5. The fourth-order valence-electron chi connectivity index (χ4n) is 2.93. The first-order valence-electron chi connectivity index (χ1n) is 7.72. The summed E-state index contributed by atoms with van der Waals surface area (Å²) >= 11 is 7.69. The van der Waals surface area contributed by atoms with Crippen molar-refractivity contribution in [1.29, 1.82) is 0 Å². The third kappa shape index (κ3) is 4.13. The zero-order chi connectivity index (χ0) is 16.2. The number of piperidine rings is 1. The molecule has 1 atom stereocenters. The van der Waals surface area contributed by atoms with Crippen molar-refractivity contribution in [2.75, 3.05) is 32.1 Å². The number of likely N-dealkylation sites (N-methyl/N-ethyl adjacent to an activating group) is 1. The maximum atomic E-state index is 6.03. The van der Waals surface area contributed by atoms with E-state index in [1.807, 2.05) is 6.07 Å². The highest BCUT2D eigenvalue weighted by molar-refractivity contribution is 7.16. The topological polar surface area (TPSA) is 41.5 Å². The second kappa shape index (κ2) is 7.47. The van der Waals surface area contributed by atoms with Gasteiger partial charge in [0.05, 0.1) is 11.4 Å². The number of ether oxygens (including phenoxy) is 1. The first kappa shape index (κ1) is 16.5. The lowest BCUT2D eigenvalue weighted by atomic mass is 10.0. The Morgan fingerprint density at radius 2 is 2.30 bits per heavy atom. The van der Waals surface area contributed by atoms with Crippen LogP contribution in [0.3, 0.4) is 0 Å². The van der Waals surface area contributed by atoms with E-state index < -0.39 is 0 Å². The number of hydrogen-bond donors (Lipinski definition) is 0. The largest absolute Gasteiger partial charge is 0.481 e. The van der Waals surface area contributed by atoms with E-state index in [1.165, 1.54) is 11.3 Å². The molecule has 0 spiro atoms. The molecular formula is C16H21ClN4OS. The molecule has 23 heavy (non-hydrogen) atoms. The smallest absolute Gasteiger partial charge is 0.228 e. The fraction of sp³-hybridized carbons (Fsp3) is 0.500. The molecule has 1 fully saturated rings. The molecule has 124 valence electrons. The van der Waals surface area contributed by atoms with Gasteiger partial charge in [0.2, 0.25) is 11.8 Å². The van der Waals surface area contributed by atoms with E-state index >= 15 is 0 Å². The normalized spacial score (nSPS) is 18.8. The summed E-state index contributed by atoms with van der Waals surface area (Å²) in [5, 5.41) is 0. The molecule has 0 saturated carbocycles. The van der Waals surface area contributed by atoms with Crippen LogP contribution in [0, 0.1) is 0 Å². The van der Waals surface area contributed by atoms with Crippen molar-refractivity contribution in [3.8, 4) is 5.88 Å². The summed E-state index contributed by atoms with van der Waals surface area (Å²) in [6, 6.07) is 6.27. The molecule has 0 aliphatic carbocycles. The van der Waals surface area contributed by atoms with Gasteiger partial charge in [0, 0.05) is 43.3 Å². The highest BCUT2D eigenvalue weighted by Crippen LogP contribution is 2.25. The summed E-state index contributed by atoms with van der Waals surface area (Å²) in [5.41, 5.74) is 0. The molecule has 3 rings (SSSR count). The van der Waals surface area contributed by atoms with E-state index in [1.54, 1.807) is 30.7 Å². The van der Waals surface area contributed by atoms with Gasteiger partial charge in [0.15, 0.2) is 0 Å². The highest BCUT2D eigenvalue weighted by atomic mass is 35.5. The van der Waals surface area contributed by atoms with Crippen LogP contribution in [0.15, 0.2) is 24.4 Å². The molecular weight excluding hydrogens is 332 g/mol. The third-order valence-corrected chi connectivity index (χ3v) is 5.39. The molecule has 0 aromatic carbocycles. The first-order valence-corrected chi connectivity index (χ1v) is 8.91. The van der Waals surface area contributed by atoms with Gasteiger partial charge in [-0.05, 0) is 31.5 Å². The maximum Gasteiger partial charge on any atom is 0.228 e. The SMILES string of the molecule is COc1ccnc(N(C)C2CCCN(Cc3ccc(Cl)s3)C2)n1. The number of methoxy groups -OCH3 is 1. The van der Waals surface area contributed by atoms with Gasteiger partial charge in [0.1, 0.15) is 0 Å². The van der Waals surface area contributed by atoms with Crippen molar-refractivity contribution in [3.63, 3.8) is 0 Å². The average molecular weight is 353 g/mol. The molecule has 1 aliphatic heterocycles. The Morgan fingerprint density at radius 1 is 1.43 bits per heavy atom. The third-order valence-electron chi connectivity index (χ3n) is 4.18. The monoisotopic (exact) mass is 352 g/mol. The standard InChI is InChI=1S/C16H21ClN4OS/c1-20(16-18-8-7-15(19-16)22-2)12-4-3-9-21(10-12)11-13-5-6-14(17)23-13/h5-8,12H,3-4,9-11H2,1-2H3. The molecule has 0 radical (unpaired) electrons. The molecule has 0 N–H and O–H groups in total. The molecule has 5 nitrogen and oxygen atoms in total. The lowest BCUT2D eigenvalue weighted by molar-refractivity contribution is 0.199. The predicted molar refractivity (Wildman–Crippen MR) is 94.6 cm³/mol. The first-order chi connectivity index (χ1) is 11.2. The fourth-order valence-corrected chi connectivity index (χ4v) is 4.06. The Kier molecular flexibility index (Phi) is 5.35. The zero-order valence-corrected chi connectivity index (χ0v) is 15.0. The minimum absolute atomic E-state index is 0.409. The Balaban J connectivity index is 1.65. The minimum atomic E-state index is 0.409. The van der Waals surface area contributed by atoms with Crippen molar-refractivity contribution in [1.82, 2.24) is 14.9 Å². The predicted octanol–water partition coefficient (Wildman–Crippen LogP) is 3.30. The van der Waals surface area contributed by atoms with Gasteiger partial charge in [0.25, 0.3) is 0 Å². The summed E-state index contributed by atoms with van der Waals surface area (Å²) in [7, 11) is 3.69. The Hall–Kier alpha value is -1.37. The van der Waals surface area contributed by atoms with Crippen molar-refractivity contribution in [2.45, 2.75) is 25.4 Å². The van der Waals surface area contributed by atoms with Gasteiger partial charge in [-0.15, -0.1) is 11.3 Å². The van der Waals surface area contributed by atoms with E-state index in [2.05, 4.69) is 32.9 Å². The zero-order valence-electron chi connectivity index (χ0n) is 13.4. The number of aromatic nitrogens is 2. The minimum Gasteiger partial charge on any atom is -0.481 e. The number of thiophene rings is 1. The van der Waals surface area contributed by atoms with E-state index in [0.29, 0.717) is 11.9 Å². The molecule has 1 aliphatic rings. The van der Waals surface area contributed by atoms with E-state index in [9.17, 15) is 0 Å². The lowest BCUT2D eigenvalue weighted by Gasteiger charge is -2.37. The van der Waals surface area contributed by atoms with Gasteiger partial charge in [-0.1, -0.05) is 11.6 Å². The van der Waals surface area contributed by atoms with Crippen molar-refractivity contribution < 1.29 is 4.74 Å². The number of anilines is 1. The van der Waals surface area contributed by atoms with Crippen LogP contribution in [0.2, 0.25) is 4.34 Å². The number of hydrogen-bond acceptors (Lipinski definition) is 6. The van der Waals surface area contributed by atoms with Gasteiger partial charge >= 0.3 is 0 Å². The number of nitrogens with zero attached hydrogens (tertiary/aromatic N) is 4. The molecule has 0 amide bonds. The van der Waals surface area contributed by atoms with E-state index in [0.717, 1.165) is 36.3 Å². The second-order valence-electron chi connectivity index (χ2n) is 5.75. The molecule has 7 heteroatoms. The lowest BCUT2D eigenvalue weighted by Crippen LogP contribution is -2.46. The summed E-state index contributed by atoms with van der Waals surface area (Å²) in [4.78, 5) is 14.8. The van der Waals surface area contributed by atoms with E-state index in [4.69, 9.17) is 16.3 Å². The molecule has 3 heterocycles. The van der Waals surface area contributed by atoms with Crippen LogP contribution >= 0.6 is 22.9 Å². The molecule has 2 aromatic heterocycles. The van der Waals surface area contributed by atoms with Gasteiger partial charge in [-0.3, -0.25) is 4.90 Å². The second-order valence-corrected chi connectivity index (χ2v) is 7.55. The highest BCUT2D eigenvalue weighted by Gasteiger charge is 2.25. The van der Waals surface area contributed by atoms with Crippen LogP contribution in [0.5, 0.6) is 5.88 Å². The molecule has 2 aromatic rings. The number of likely N-dealkylation sites (tertiary alicyclic amines) is 1. The summed E-state index contributed by atoms with van der Waals surface area (Å²) in [6.45, 7) is 3.09. The summed E-state index contributed by atoms with van der Waals surface area (Å²) < 4.78 is 6.05. The Bertz CT molecular complexity index is 651. The van der Waals surface area contributed by atoms with Gasteiger partial charge in [-0.2, -0.15) is 4.98 Å². The van der Waals surface area contributed by atoms with E-state index in [-0.39, 0.29) is 0 Å². The Labute approximate surface area is 145 Å². The van der Waals surface area contributed by atoms with Gasteiger partial charge in [-0.25, -0.2) is 4.98 Å². The molecule has 1 unspecified atom stereocenters. The average Bonchev–Trinajstić information content (AvgIpc) is 2.99. The van der Waals surface area contributed by atoms with Crippen LogP contribution in [-0.2, 0) is 6.54 Å². The molecule has 1 saturated heterocycles. The van der Waals surface area contributed by atoms with Crippen LogP contribution in [0.25, 0.3) is 0 Å². The molecule has 0 bridgehead atoms. The summed E-state index contributed by atoms with van der Waals surface area (Å²) in [6.07, 6.45) is 4.07.